The molecule has 2 saturated heterocycles. The molecule has 20 heavy (non-hydrogen) atoms. The number of ether oxygens (including phenoxy) is 1. The molecule has 1 unspecified atom stereocenters. The molecule has 0 bridgehead atoms. The van der Waals surface area contributed by atoms with Crippen LogP contribution in [0, 0.1) is 0 Å². The lowest BCUT2D eigenvalue weighted by Gasteiger charge is -2.39. The van der Waals surface area contributed by atoms with E-state index in [-0.39, 0.29) is 12.6 Å². The molecule has 1 aliphatic carbocycles. The third-order valence-corrected chi connectivity index (χ3v) is 4.26. The average molecular weight is 283 g/mol. The van der Waals surface area contributed by atoms with Gasteiger partial charge in [-0.3, -0.25) is 4.90 Å². The highest BCUT2D eigenvalue weighted by molar-refractivity contribution is 5.77. The summed E-state index contributed by atoms with van der Waals surface area (Å²) in [5, 5.41) is 8.97. The third kappa shape index (κ3) is 2.88. The summed E-state index contributed by atoms with van der Waals surface area (Å²) in [5.74, 6) is -0.999. The number of aliphatic carboxylic acids is 1. The quantitative estimate of drug-likeness (QED) is 0.751. The van der Waals surface area contributed by atoms with Crippen LogP contribution in [0.5, 0.6) is 0 Å². The fourth-order valence-electron chi connectivity index (χ4n) is 2.89. The van der Waals surface area contributed by atoms with E-state index < -0.39 is 12.1 Å². The first-order valence-corrected chi connectivity index (χ1v) is 7.27. The molecule has 2 amide bonds. The van der Waals surface area contributed by atoms with Gasteiger partial charge in [0.25, 0.3) is 0 Å². The second-order valence-electron chi connectivity index (χ2n) is 5.68. The van der Waals surface area contributed by atoms with Crippen molar-refractivity contribution in [1.29, 1.82) is 0 Å². The van der Waals surface area contributed by atoms with E-state index in [4.69, 9.17) is 9.84 Å². The lowest BCUT2D eigenvalue weighted by Crippen LogP contribution is -2.57. The number of morpholine rings is 1. The van der Waals surface area contributed by atoms with Crippen LogP contribution >= 0.6 is 0 Å². The first-order valence-electron chi connectivity index (χ1n) is 7.27. The Labute approximate surface area is 118 Å². The highest BCUT2D eigenvalue weighted by atomic mass is 16.5. The predicted octanol–water partition coefficient (Wildman–Crippen LogP) is -0.328. The van der Waals surface area contributed by atoms with Crippen molar-refractivity contribution in [2.45, 2.75) is 25.0 Å². The molecule has 0 radical (unpaired) electrons. The van der Waals surface area contributed by atoms with E-state index in [9.17, 15) is 9.59 Å². The SMILES string of the molecule is O=C(O)C1CN(C(=O)N2CCN(C3CC3)CC2)CCO1. The van der Waals surface area contributed by atoms with Gasteiger partial charge in [-0.1, -0.05) is 0 Å². The zero-order valence-electron chi connectivity index (χ0n) is 11.5. The van der Waals surface area contributed by atoms with E-state index in [2.05, 4.69) is 4.90 Å². The largest absolute Gasteiger partial charge is 0.479 e. The monoisotopic (exact) mass is 283 g/mol. The van der Waals surface area contributed by atoms with Crippen LogP contribution < -0.4 is 0 Å². The molecule has 112 valence electrons. The van der Waals surface area contributed by atoms with Crippen molar-refractivity contribution < 1.29 is 19.4 Å². The van der Waals surface area contributed by atoms with Crippen molar-refractivity contribution in [2.24, 2.45) is 0 Å². The molecular formula is C13H21N3O4. The molecule has 0 spiro atoms. The molecule has 1 atom stereocenters. The number of urea groups is 1. The fourth-order valence-corrected chi connectivity index (χ4v) is 2.89. The van der Waals surface area contributed by atoms with Gasteiger partial charge in [0.2, 0.25) is 0 Å². The fraction of sp³-hybridized carbons (Fsp3) is 0.846. The molecule has 3 aliphatic rings. The Morgan fingerprint density at radius 1 is 1.00 bits per heavy atom. The highest BCUT2D eigenvalue weighted by Gasteiger charge is 2.35. The van der Waals surface area contributed by atoms with Crippen LogP contribution in [0.25, 0.3) is 0 Å². The first kappa shape index (κ1) is 13.6. The predicted molar refractivity (Wildman–Crippen MR) is 70.5 cm³/mol. The maximum Gasteiger partial charge on any atom is 0.334 e. The Bertz CT molecular complexity index is 391. The molecule has 0 aromatic carbocycles. The van der Waals surface area contributed by atoms with Crippen LogP contribution in [0.4, 0.5) is 4.79 Å². The Balaban J connectivity index is 1.52. The molecule has 7 heteroatoms. The number of hydrogen-bond donors (Lipinski definition) is 1. The number of carboxylic acids is 1. The maximum atomic E-state index is 12.4. The Kier molecular flexibility index (Phi) is 3.80. The standard InChI is InChI=1S/C13H21N3O4/c17-12(18)11-9-16(7-8-20-11)13(19)15-5-3-14(4-6-15)10-1-2-10/h10-11H,1-9H2,(H,17,18). The lowest BCUT2D eigenvalue weighted by atomic mass is 10.2. The van der Waals surface area contributed by atoms with Crippen LogP contribution in [0.3, 0.4) is 0 Å². The summed E-state index contributed by atoms with van der Waals surface area (Å²) in [7, 11) is 0. The number of nitrogens with zero attached hydrogens (tertiary/aromatic N) is 3. The molecule has 2 aliphatic heterocycles. The normalized spacial score (nSPS) is 28.5. The zero-order valence-corrected chi connectivity index (χ0v) is 11.5. The number of hydrogen-bond acceptors (Lipinski definition) is 4. The Hall–Kier alpha value is -1.34. The van der Waals surface area contributed by atoms with Crippen LogP contribution in [0.1, 0.15) is 12.8 Å². The second-order valence-corrected chi connectivity index (χ2v) is 5.68. The van der Waals surface area contributed by atoms with Gasteiger partial charge in [-0.05, 0) is 12.8 Å². The van der Waals surface area contributed by atoms with Gasteiger partial charge in [0, 0.05) is 38.8 Å². The van der Waals surface area contributed by atoms with Crippen LogP contribution in [-0.4, -0.2) is 89.8 Å². The van der Waals surface area contributed by atoms with Gasteiger partial charge in [-0.15, -0.1) is 0 Å². The van der Waals surface area contributed by atoms with Crippen molar-refractivity contribution in [3.05, 3.63) is 0 Å². The molecule has 7 nitrogen and oxygen atoms in total. The van der Waals surface area contributed by atoms with Crippen molar-refractivity contribution in [1.82, 2.24) is 14.7 Å². The van der Waals surface area contributed by atoms with Crippen LogP contribution in [-0.2, 0) is 9.53 Å². The Morgan fingerprint density at radius 3 is 2.30 bits per heavy atom. The van der Waals surface area contributed by atoms with Gasteiger partial charge in [-0.25, -0.2) is 9.59 Å². The molecule has 1 saturated carbocycles. The molecule has 1 N–H and O–H groups in total. The summed E-state index contributed by atoms with van der Waals surface area (Å²) in [5.41, 5.74) is 0. The number of carboxylic acid groups (broad SMARTS) is 1. The van der Waals surface area contributed by atoms with E-state index >= 15 is 0 Å². The van der Waals surface area contributed by atoms with E-state index in [1.54, 1.807) is 4.90 Å². The van der Waals surface area contributed by atoms with Gasteiger partial charge in [0.1, 0.15) is 0 Å². The van der Waals surface area contributed by atoms with Crippen LogP contribution in [0.2, 0.25) is 0 Å². The molecule has 3 rings (SSSR count). The number of carbonyl (C=O) groups is 2. The van der Waals surface area contributed by atoms with Crippen LogP contribution in [0.15, 0.2) is 0 Å². The number of carbonyl (C=O) groups excluding carboxylic acids is 1. The topological polar surface area (TPSA) is 73.3 Å². The molecular weight excluding hydrogens is 262 g/mol. The number of rotatable bonds is 2. The summed E-state index contributed by atoms with van der Waals surface area (Å²) >= 11 is 0. The summed E-state index contributed by atoms with van der Waals surface area (Å²) in [6, 6.07) is 0.696. The van der Waals surface area contributed by atoms with Crippen molar-refractivity contribution in [3.8, 4) is 0 Å². The third-order valence-electron chi connectivity index (χ3n) is 4.26. The van der Waals surface area contributed by atoms with E-state index in [0.717, 1.165) is 32.2 Å². The minimum absolute atomic E-state index is 0.0463. The number of amides is 2. The summed E-state index contributed by atoms with van der Waals surface area (Å²) in [4.78, 5) is 29.2. The second kappa shape index (κ2) is 5.57. The smallest absolute Gasteiger partial charge is 0.334 e. The van der Waals surface area contributed by atoms with Gasteiger partial charge in [0.05, 0.1) is 13.2 Å². The summed E-state index contributed by atoms with van der Waals surface area (Å²) in [6.45, 7) is 4.27. The van der Waals surface area contributed by atoms with Crippen molar-refractivity contribution >= 4 is 12.0 Å². The van der Waals surface area contributed by atoms with E-state index in [0.29, 0.717) is 13.2 Å². The van der Waals surface area contributed by atoms with Crippen molar-refractivity contribution in [3.63, 3.8) is 0 Å². The van der Waals surface area contributed by atoms with E-state index in [1.807, 2.05) is 4.90 Å². The van der Waals surface area contributed by atoms with Crippen molar-refractivity contribution in [2.75, 3.05) is 45.9 Å². The minimum Gasteiger partial charge on any atom is -0.479 e. The van der Waals surface area contributed by atoms with Gasteiger partial charge in [0.15, 0.2) is 6.10 Å². The zero-order chi connectivity index (χ0) is 14.1. The summed E-state index contributed by atoms with van der Waals surface area (Å²) < 4.78 is 5.14. The van der Waals surface area contributed by atoms with Gasteiger partial charge >= 0.3 is 12.0 Å². The highest BCUT2D eigenvalue weighted by Crippen LogP contribution is 2.27. The first-order chi connectivity index (χ1) is 9.65. The summed E-state index contributed by atoms with van der Waals surface area (Å²) in [6.07, 6.45) is 1.69. The lowest BCUT2D eigenvalue weighted by molar-refractivity contribution is -0.154. The van der Waals surface area contributed by atoms with E-state index in [1.165, 1.54) is 12.8 Å². The Morgan fingerprint density at radius 2 is 1.70 bits per heavy atom. The van der Waals surface area contributed by atoms with Gasteiger partial charge in [-0.2, -0.15) is 0 Å². The van der Waals surface area contributed by atoms with Gasteiger partial charge < -0.3 is 19.6 Å². The molecule has 3 fully saturated rings. The molecule has 0 aromatic rings. The average Bonchev–Trinajstić information content (AvgIpc) is 3.31. The number of piperazine rings is 1. The molecule has 2 heterocycles. The minimum atomic E-state index is -0.999. The maximum absolute atomic E-state index is 12.4. The molecule has 0 aromatic heterocycles.